The van der Waals surface area contributed by atoms with Crippen LogP contribution in [-0.4, -0.2) is 0 Å². The fraction of sp³-hybridized carbons (Fsp3) is 0. The SMILES string of the molecule is [I-][n+]1ccco1. The average Bonchev–Trinajstić information content (AvgIpc) is 1.86. The number of rotatable bonds is 0. The maximum absolute atomic E-state index is 4.74. The van der Waals surface area contributed by atoms with E-state index in [1.54, 1.807) is 9.22 Å². The molecule has 3 heteroatoms. The first-order valence-corrected chi connectivity index (χ1v) is 2.48. The van der Waals surface area contributed by atoms with Gasteiger partial charge in [-0.15, -0.1) is 0 Å². The van der Waals surface area contributed by atoms with E-state index in [4.69, 9.17) is 4.52 Å². The van der Waals surface area contributed by atoms with Crippen LogP contribution in [0, 0.1) is 0 Å². The molecule has 0 spiro atoms. The van der Waals surface area contributed by atoms with Crippen LogP contribution < -0.4 is 25.8 Å². The van der Waals surface area contributed by atoms with Crippen LogP contribution in [0.3, 0.4) is 0 Å². The zero-order chi connectivity index (χ0) is 4.41. The van der Waals surface area contributed by atoms with Gasteiger partial charge in [0, 0.05) is 6.07 Å². The van der Waals surface area contributed by atoms with Crippen molar-refractivity contribution >= 4 is 0 Å². The lowest BCUT2D eigenvalue weighted by molar-refractivity contribution is -1.25. The van der Waals surface area contributed by atoms with Crippen molar-refractivity contribution < 1.29 is 30.3 Å². The molecule has 1 heterocycles. The summed E-state index contributed by atoms with van der Waals surface area (Å²) < 4.78 is 6.33. The first-order chi connectivity index (χ1) is 2.89. The van der Waals surface area contributed by atoms with E-state index in [9.17, 15) is 0 Å². The molecule has 0 aliphatic heterocycles. The van der Waals surface area contributed by atoms with Gasteiger partial charge in [-0.3, -0.25) is 27.4 Å². The molecule has 0 saturated heterocycles. The van der Waals surface area contributed by atoms with Crippen molar-refractivity contribution in [3.8, 4) is 0 Å². The molecule has 33 valence electrons. The molecular weight excluding hydrogens is 193 g/mol. The van der Waals surface area contributed by atoms with Crippen LogP contribution >= 0.6 is 0 Å². The van der Waals surface area contributed by atoms with Gasteiger partial charge in [0.1, 0.15) is 0 Å². The van der Waals surface area contributed by atoms with Crippen LogP contribution in [0.15, 0.2) is 23.0 Å². The molecule has 0 aromatic carbocycles. The summed E-state index contributed by atoms with van der Waals surface area (Å²) in [7, 11) is 0. The fourth-order valence-corrected chi connectivity index (χ4v) is 0.548. The third-order valence-corrected chi connectivity index (χ3v) is 0.992. The zero-order valence-electron chi connectivity index (χ0n) is 2.97. The lowest BCUT2D eigenvalue weighted by Crippen LogP contribution is -3.50. The molecule has 1 rings (SSSR count). The first-order valence-electron chi connectivity index (χ1n) is 1.51. The topological polar surface area (TPSA) is 17.0 Å². The van der Waals surface area contributed by atoms with Gasteiger partial charge in [-0.05, 0) is 0 Å². The van der Waals surface area contributed by atoms with Gasteiger partial charge in [-0.1, -0.05) is 0 Å². The van der Waals surface area contributed by atoms with Gasteiger partial charge in [-0.25, -0.2) is 0 Å². The lowest BCUT2D eigenvalue weighted by atomic mass is 10.8. The largest absolute Gasteiger partial charge is 0.300 e. The second kappa shape index (κ2) is 1.59. The van der Waals surface area contributed by atoms with E-state index in [1.807, 2.05) is 35.1 Å². The maximum Gasteiger partial charge on any atom is 0.189 e. The Morgan fingerprint density at radius 1 is 1.67 bits per heavy atom. The Balaban J connectivity index is 3.05. The number of nitrogens with zero attached hydrogens (tertiary/aromatic N) is 1. The lowest BCUT2D eigenvalue weighted by Gasteiger charge is -1.77. The standard InChI is InChI=1S/C3H3INO/c4-5-2-1-3-6-5/h1-3H. The van der Waals surface area contributed by atoms with Crippen molar-refractivity contribution in [1.82, 2.24) is 0 Å². The Kier molecular flexibility index (Phi) is 1.09. The van der Waals surface area contributed by atoms with Gasteiger partial charge >= 0.3 is 0 Å². The molecule has 6 heavy (non-hydrogen) atoms. The molecule has 0 unspecified atom stereocenters. The van der Waals surface area contributed by atoms with Gasteiger partial charge in [-0.2, -0.15) is 2.95 Å². The van der Waals surface area contributed by atoms with E-state index < -0.39 is 0 Å². The number of hydrogen-bond donors (Lipinski definition) is 0. The Morgan fingerprint density at radius 3 is 2.67 bits per heavy atom. The average molecular weight is 196 g/mol. The highest BCUT2D eigenvalue weighted by Gasteiger charge is 1.75. The summed E-state index contributed by atoms with van der Waals surface area (Å²) in [4.78, 5) is 0. The van der Waals surface area contributed by atoms with E-state index >= 15 is 0 Å². The van der Waals surface area contributed by atoms with Gasteiger partial charge < -0.3 is 0 Å². The Bertz CT molecular complexity index is 114. The highest BCUT2D eigenvalue weighted by molar-refractivity contribution is 4.62. The molecule has 0 atom stereocenters. The summed E-state index contributed by atoms with van der Waals surface area (Å²) in [6.45, 7) is 0. The minimum absolute atomic E-state index is 1.60. The van der Waals surface area contributed by atoms with E-state index in [1.165, 1.54) is 0 Å². The predicted molar refractivity (Wildman–Crippen MR) is 14.3 cm³/mol. The summed E-state index contributed by atoms with van der Waals surface area (Å²) in [5.74, 6) is 0. The quantitative estimate of drug-likeness (QED) is 0.401. The monoisotopic (exact) mass is 196 g/mol. The molecule has 0 aliphatic carbocycles. The second-order valence-corrected chi connectivity index (χ2v) is 1.81. The van der Waals surface area contributed by atoms with Crippen molar-refractivity contribution in [3.63, 3.8) is 0 Å². The van der Waals surface area contributed by atoms with Gasteiger partial charge in [0.25, 0.3) is 0 Å². The van der Waals surface area contributed by atoms with Crippen LogP contribution in [0.4, 0.5) is 0 Å². The van der Waals surface area contributed by atoms with Crippen molar-refractivity contribution in [2.75, 3.05) is 0 Å². The van der Waals surface area contributed by atoms with Gasteiger partial charge in [0.15, 0.2) is 12.5 Å². The second-order valence-electron chi connectivity index (χ2n) is 0.855. The number of hydrogen-bond acceptors (Lipinski definition) is 1. The fourth-order valence-electron chi connectivity index (χ4n) is 0.231. The van der Waals surface area contributed by atoms with Crippen LogP contribution in [0.2, 0.25) is 0 Å². The van der Waals surface area contributed by atoms with E-state index in [-0.39, 0.29) is 0 Å². The van der Waals surface area contributed by atoms with Gasteiger partial charge in [0.2, 0.25) is 0 Å². The van der Waals surface area contributed by atoms with Gasteiger partial charge in [0.05, 0.1) is 0 Å². The van der Waals surface area contributed by atoms with Crippen LogP contribution in [0.25, 0.3) is 0 Å². The molecule has 0 fully saturated rings. The normalized spacial score (nSPS) is 8.83. The van der Waals surface area contributed by atoms with Crippen LogP contribution in [0.1, 0.15) is 0 Å². The summed E-state index contributed by atoms with van der Waals surface area (Å²) in [6.07, 6.45) is 3.44. The zero-order valence-corrected chi connectivity index (χ0v) is 5.12. The molecule has 0 N–H and O–H groups in total. The Hall–Kier alpha value is -0.0600. The predicted octanol–water partition coefficient (Wildman–Crippen LogP) is -3.12. The minimum atomic E-state index is 1.60. The summed E-state index contributed by atoms with van der Waals surface area (Å²) in [6, 6.07) is 1.83. The third-order valence-electron chi connectivity index (χ3n) is 0.443. The highest BCUT2D eigenvalue weighted by atomic mass is 127. The Morgan fingerprint density at radius 2 is 2.50 bits per heavy atom. The Labute approximate surface area is 49.2 Å². The first kappa shape index (κ1) is 4.11. The van der Waals surface area contributed by atoms with E-state index in [0.29, 0.717) is 0 Å². The van der Waals surface area contributed by atoms with Crippen molar-refractivity contribution in [1.29, 1.82) is 0 Å². The van der Waals surface area contributed by atoms with Crippen LogP contribution in [0.5, 0.6) is 0 Å². The smallest absolute Gasteiger partial charge is 0.189 e. The minimum Gasteiger partial charge on any atom is -0.300 e. The molecule has 1 radical (unpaired) electrons. The number of halogens is 1. The van der Waals surface area contributed by atoms with E-state index in [2.05, 4.69) is 0 Å². The number of aromatic nitrogens is 1. The molecule has 2 nitrogen and oxygen atoms in total. The molecule has 1 aromatic rings. The van der Waals surface area contributed by atoms with E-state index in [0.717, 1.165) is 0 Å². The molecule has 0 saturated carbocycles. The van der Waals surface area contributed by atoms with Crippen molar-refractivity contribution in [2.24, 2.45) is 0 Å². The van der Waals surface area contributed by atoms with Crippen molar-refractivity contribution in [3.05, 3.63) is 18.5 Å². The highest BCUT2D eigenvalue weighted by Crippen LogP contribution is 1.66. The van der Waals surface area contributed by atoms with Crippen molar-refractivity contribution in [2.45, 2.75) is 0 Å². The molecule has 0 amide bonds. The third kappa shape index (κ3) is 0.707. The van der Waals surface area contributed by atoms with Crippen LogP contribution in [-0.2, 0) is 0 Å². The summed E-state index contributed by atoms with van der Waals surface area (Å²) in [5.41, 5.74) is 0. The summed E-state index contributed by atoms with van der Waals surface area (Å²) >= 11 is 2.03. The maximum atomic E-state index is 4.74. The molecule has 0 bridgehead atoms. The summed E-state index contributed by atoms with van der Waals surface area (Å²) in [5, 5.41) is 0. The molecule has 1 aromatic heterocycles. The molecular formula is C3H3INO. The molecule has 0 aliphatic rings.